The molecule has 0 aliphatic carbocycles. The third kappa shape index (κ3) is 4.20. The number of aryl methyl sites for hydroxylation is 2. The molecular weight excluding hydrogens is 367 g/mol. The van der Waals surface area contributed by atoms with Crippen LogP contribution in [0, 0.1) is 6.92 Å². The Bertz CT molecular complexity index is 846. The van der Waals surface area contributed by atoms with Gasteiger partial charge in [0.15, 0.2) is 4.47 Å². The summed E-state index contributed by atoms with van der Waals surface area (Å²) in [6.07, 6.45) is 1.76. The van der Waals surface area contributed by atoms with Crippen LogP contribution in [0.5, 0.6) is 5.75 Å². The summed E-state index contributed by atoms with van der Waals surface area (Å²) in [5, 5.41) is 8.14. The van der Waals surface area contributed by atoms with Gasteiger partial charge in [0.05, 0.1) is 23.0 Å². The second-order valence-corrected chi connectivity index (χ2v) is 7.37. The molecule has 0 aliphatic rings. The van der Waals surface area contributed by atoms with E-state index >= 15 is 0 Å². The minimum absolute atomic E-state index is 0.420. The maximum Gasteiger partial charge on any atom is 0.183 e. The van der Waals surface area contributed by atoms with Crippen LogP contribution in [0.15, 0.2) is 30.5 Å². The summed E-state index contributed by atoms with van der Waals surface area (Å²) < 4.78 is 8.14. The maximum atomic E-state index is 6.31. The molecule has 126 valence electrons. The molecule has 2 heterocycles. The molecular formula is C16H16Cl2N4OS. The van der Waals surface area contributed by atoms with E-state index in [0.717, 1.165) is 22.0 Å². The first-order valence-electron chi connectivity index (χ1n) is 7.27. The summed E-state index contributed by atoms with van der Waals surface area (Å²) in [4.78, 5) is 5.07. The van der Waals surface area contributed by atoms with Gasteiger partial charge in [0.1, 0.15) is 12.4 Å². The predicted molar refractivity (Wildman–Crippen MR) is 98.2 cm³/mol. The lowest BCUT2D eigenvalue weighted by atomic mass is 10.3. The Labute approximate surface area is 154 Å². The van der Waals surface area contributed by atoms with Crippen molar-refractivity contribution in [2.45, 2.75) is 20.1 Å². The van der Waals surface area contributed by atoms with Gasteiger partial charge >= 0.3 is 0 Å². The van der Waals surface area contributed by atoms with Crippen LogP contribution in [0.2, 0.25) is 9.49 Å². The normalized spacial score (nSPS) is 10.8. The fourth-order valence-electron chi connectivity index (χ4n) is 2.23. The first-order valence-corrected chi connectivity index (χ1v) is 8.84. The Kier molecular flexibility index (Phi) is 5.28. The zero-order valence-electron chi connectivity index (χ0n) is 13.2. The summed E-state index contributed by atoms with van der Waals surface area (Å²) in [5.41, 5.74) is 2.87. The Morgan fingerprint density at radius 1 is 1.29 bits per heavy atom. The number of anilines is 1. The zero-order valence-corrected chi connectivity index (χ0v) is 15.5. The Morgan fingerprint density at radius 3 is 2.75 bits per heavy atom. The number of hydrogen-bond donors (Lipinski definition) is 1. The Morgan fingerprint density at radius 2 is 2.12 bits per heavy atom. The van der Waals surface area contributed by atoms with Crippen LogP contribution in [-0.4, -0.2) is 14.8 Å². The van der Waals surface area contributed by atoms with Gasteiger partial charge in [0.25, 0.3) is 0 Å². The molecule has 8 heteroatoms. The molecule has 0 radical (unpaired) electrons. The molecule has 0 amide bonds. The van der Waals surface area contributed by atoms with E-state index in [-0.39, 0.29) is 0 Å². The predicted octanol–water partition coefficient (Wildman–Crippen LogP) is 4.68. The van der Waals surface area contributed by atoms with Crippen LogP contribution in [0.25, 0.3) is 0 Å². The van der Waals surface area contributed by atoms with Crippen molar-refractivity contribution in [1.82, 2.24) is 14.8 Å². The van der Waals surface area contributed by atoms with E-state index in [2.05, 4.69) is 15.4 Å². The molecule has 0 unspecified atom stereocenters. The SMILES string of the molecule is Cc1cc(COc2ccc(NCc3cnc(Cl)s3)cc2Cl)n(C)n1. The van der Waals surface area contributed by atoms with E-state index in [0.29, 0.717) is 28.4 Å². The molecule has 24 heavy (non-hydrogen) atoms. The molecule has 5 nitrogen and oxygen atoms in total. The van der Waals surface area contributed by atoms with Gasteiger partial charge in [0.2, 0.25) is 0 Å². The summed E-state index contributed by atoms with van der Waals surface area (Å²) in [7, 11) is 1.89. The third-order valence-electron chi connectivity index (χ3n) is 3.40. The standard InChI is InChI=1S/C16H16Cl2N4OS/c1-10-5-12(22(2)21-10)9-23-15-4-3-11(6-14(15)17)19-7-13-8-20-16(18)24-13/h3-6,8,19H,7,9H2,1-2H3. The molecule has 0 aliphatic heterocycles. The van der Waals surface area contributed by atoms with Crippen molar-refractivity contribution >= 4 is 40.2 Å². The summed E-state index contributed by atoms with van der Waals surface area (Å²) in [6.45, 7) is 3.02. The lowest BCUT2D eigenvalue weighted by Gasteiger charge is -2.10. The number of halogens is 2. The average molecular weight is 383 g/mol. The molecule has 0 atom stereocenters. The van der Waals surface area contributed by atoms with Crippen molar-refractivity contribution in [1.29, 1.82) is 0 Å². The fourth-order valence-corrected chi connectivity index (χ4v) is 3.39. The van der Waals surface area contributed by atoms with E-state index in [1.54, 1.807) is 10.9 Å². The van der Waals surface area contributed by atoms with Crippen LogP contribution >= 0.6 is 34.5 Å². The number of hydrogen-bond acceptors (Lipinski definition) is 5. The van der Waals surface area contributed by atoms with Gasteiger partial charge < -0.3 is 10.1 Å². The second-order valence-electron chi connectivity index (χ2n) is 5.27. The Hall–Kier alpha value is -1.76. The minimum Gasteiger partial charge on any atom is -0.486 e. The van der Waals surface area contributed by atoms with E-state index in [9.17, 15) is 0 Å². The van der Waals surface area contributed by atoms with Gasteiger partial charge in [-0.25, -0.2) is 4.98 Å². The van der Waals surface area contributed by atoms with Gasteiger partial charge in [-0.2, -0.15) is 5.10 Å². The number of ether oxygens (including phenoxy) is 1. The van der Waals surface area contributed by atoms with Crippen molar-refractivity contribution in [2.75, 3.05) is 5.32 Å². The van der Waals surface area contributed by atoms with E-state index in [1.807, 2.05) is 38.2 Å². The minimum atomic E-state index is 0.420. The van der Waals surface area contributed by atoms with Crippen LogP contribution in [0.4, 0.5) is 5.69 Å². The lowest BCUT2D eigenvalue weighted by molar-refractivity contribution is 0.295. The fraction of sp³-hybridized carbons (Fsp3) is 0.250. The van der Waals surface area contributed by atoms with Crippen molar-refractivity contribution in [3.8, 4) is 5.75 Å². The molecule has 0 saturated carbocycles. The number of thiazole rings is 1. The highest BCUT2D eigenvalue weighted by Crippen LogP contribution is 2.29. The smallest absolute Gasteiger partial charge is 0.183 e. The summed E-state index contributed by atoms with van der Waals surface area (Å²) >= 11 is 13.6. The van der Waals surface area contributed by atoms with Gasteiger partial charge in [0, 0.05) is 23.8 Å². The molecule has 0 fully saturated rings. The van der Waals surface area contributed by atoms with Crippen molar-refractivity contribution in [3.05, 3.63) is 56.2 Å². The van der Waals surface area contributed by atoms with Crippen LogP contribution in [0.3, 0.4) is 0 Å². The van der Waals surface area contributed by atoms with Crippen molar-refractivity contribution in [2.24, 2.45) is 7.05 Å². The van der Waals surface area contributed by atoms with Gasteiger partial charge in [-0.15, -0.1) is 11.3 Å². The highest BCUT2D eigenvalue weighted by molar-refractivity contribution is 7.15. The van der Waals surface area contributed by atoms with Gasteiger partial charge in [-0.1, -0.05) is 23.2 Å². The molecule has 0 bridgehead atoms. The highest BCUT2D eigenvalue weighted by Gasteiger charge is 2.07. The number of nitrogens with zero attached hydrogens (tertiary/aromatic N) is 3. The first-order chi connectivity index (χ1) is 11.5. The quantitative estimate of drug-likeness (QED) is 0.671. The third-order valence-corrected chi connectivity index (χ3v) is 4.81. The van der Waals surface area contributed by atoms with Gasteiger partial charge in [-0.05, 0) is 31.2 Å². The van der Waals surface area contributed by atoms with Crippen LogP contribution in [-0.2, 0) is 20.2 Å². The second kappa shape index (κ2) is 7.42. The lowest BCUT2D eigenvalue weighted by Crippen LogP contribution is -2.03. The molecule has 3 aromatic rings. The average Bonchev–Trinajstić information content (AvgIpc) is 3.09. The van der Waals surface area contributed by atoms with E-state index < -0.39 is 0 Å². The monoisotopic (exact) mass is 382 g/mol. The van der Waals surface area contributed by atoms with E-state index in [4.69, 9.17) is 27.9 Å². The molecule has 0 spiro atoms. The molecule has 2 aromatic heterocycles. The summed E-state index contributed by atoms with van der Waals surface area (Å²) in [5.74, 6) is 0.641. The van der Waals surface area contributed by atoms with Crippen LogP contribution < -0.4 is 10.1 Å². The number of nitrogens with one attached hydrogen (secondary N) is 1. The molecule has 1 N–H and O–H groups in total. The van der Waals surface area contributed by atoms with Crippen molar-refractivity contribution < 1.29 is 4.74 Å². The number of benzene rings is 1. The largest absolute Gasteiger partial charge is 0.486 e. The van der Waals surface area contributed by atoms with Crippen LogP contribution in [0.1, 0.15) is 16.3 Å². The van der Waals surface area contributed by atoms with Gasteiger partial charge in [-0.3, -0.25) is 4.68 Å². The zero-order chi connectivity index (χ0) is 17.1. The maximum absolute atomic E-state index is 6.31. The first kappa shape index (κ1) is 17.1. The van der Waals surface area contributed by atoms with E-state index in [1.165, 1.54) is 11.3 Å². The van der Waals surface area contributed by atoms with Crippen molar-refractivity contribution in [3.63, 3.8) is 0 Å². The highest BCUT2D eigenvalue weighted by atomic mass is 35.5. The molecule has 1 aromatic carbocycles. The number of aromatic nitrogens is 3. The topological polar surface area (TPSA) is 52.0 Å². The summed E-state index contributed by atoms with van der Waals surface area (Å²) in [6, 6.07) is 7.62. The molecule has 3 rings (SSSR count). The molecule has 0 saturated heterocycles. The number of rotatable bonds is 6. The Balaban J connectivity index is 1.60.